The van der Waals surface area contributed by atoms with Gasteiger partial charge in [-0.3, -0.25) is 9.36 Å². The number of H-pyrrole nitrogens is 1. The van der Waals surface area contributed by atoms with Crippen LogP contribution in [0, 0.1) is 0 Å². The predicted octanol–water partition coefficient (Wildman–Crippen LogP) is 0.527. The lowest BCUT2D eigenvalue weighted by atomic mass is 10.2. The van der Waals surface area contributed by atoms with Crippen molar-refractivity contribution >= 4 is 17.1 Å². The predicted molar refractivity (Wildman–Crippen MR) is 77.1 cm³/mol. The van der Waals surface area contributed by atoms with Crippen LogP contribution in [0.1, 0.15) is 16.2 Å². The number of aromatic nitrogens is 4. The Hall–Kier alpha value is -2.96. The van der Waals surface area contributed by atoms with Crippen LogP contribution in [0.15, 0.2) is 41.3 Å². The minimum Gasteiger partial charge on any atom is -0.352 e. The fraction of sp³-hybridized carbons (Fsp3) is 0.143. The van der Waals surface area contributed by atoms with E-state index in [4.69, 9.17) is 0 Å². The lowest BCUT2D eigenvalue weighted by molar-refractivity contribution is 0.0953. The van der Waals surface area contributed by atoms with E-state index in [1.165, 1.54) is 17.8 Å². The van der Waals surface area contributed by atoms with Crippen molar-refractivity contribution in [2.24, 2.45) is 0 Å². The molecule has 2 heterocycles. The number of carbonyl (C=O) groups is 1. The summed E-state index contributed by atoms with van der Waals surface area (Å²) in [4.78, 5) is 34.4. The highest BCUT2D eigenvalue weighted by Crippen LogP contribution is 2.09. The minimum atomic E-state index is -0.392. The summed E-state index contributed by atoms with van der Waals surface area (Å²) < 4.78 is 1.48. The molecular formula is C14H13N5O2. The number of fused-ring (bicyclic) bond motifs is 1. The molecule has 0 atom stereocenters. The van der Waals surface area contributed by atoms with Gasteiger partial charge in [-0.2, -0.15) is 0 Å². The molecule has 2 N–H and O–H groups in total. The highest BCUT2D eigenvalue weighted by atomic mass is 16.2. The van der Waals surface area contributed by atoms with Crippen molar-refractivity contribution in [3.8, 4) is 0 Å². The van der Waals surface area contributed by atoms with Gasteiger partial charge in [0.1, 0.15) is 5.52 Å². The molecule has 0 saturated heterocycles. The van der Waals surface area contributed by atoms with Gasteiger partial charge in [-0.25, -0.2) is 14.8 Å². The maximum Gasteiger partial charge on any atom is 0.328 e. The largest absolute Gasteiger partial charge is 0.352 e. The lowest BCUT2D eigenvalue weighted by Crippen LogP contribution is -2.21. The Kier molecular flexibility index (Phi) is 3.23. The average Bonchev–Trinajstić information content (AvgIpc) is 2.83. The molecule has 2 aromatic heterocycles. The normalized spacial score (nSPS) is 10.7. The van der Waals surface area contributed by atoms with E-state index >= 15 is 0 Å². The summed E-state index contributed by atoms with van der Waals surface area (Å²) >= 11 is 0. The van der Waals surface area contributed by atoms with E-state index in [2.05, 4.69) is 20.3 Å². The van der Waals surface area contributed by atoms with Gasteiger partial charge in [-0.15, -0.1) is 0 Å². The number of rotatable bonds is 3. The minimum absolute atomic E-state index is 0.0332. The number of carbonyl (C=O) groups excluding carboxylic acids is 1. The molecule has 0 spiro atoms. The van der Waals surface area contributed by atoms with Crippen LogP contribution in [0.5, 0.6) is 0 Å². The molecule has 0 fully saturated rings. The van der Waals surface area contributed by atoms with Crippen LogP contribution in [0.4, 0.5) is 0 Å². The Morgan fingerprint density at radius 1 is 1.33 bits per heavy atom. The zero-order chi connectivity index (χ0) is 14.8. The summed E-state index contributed by atoms with van der Waals surface area (Å²) in [5.41, 5.74) is 1.61. The standard InChI is InChI=1S/C14H13N5O2/c1-15-13(20)11-16-7-10-12(18-11)19(14(21)17-10)8-9-5-3-2-4-6-9/h2-7H,8H2,1H3,(H,15,20)(H,17,21). The fourth-order valence-corrected chi connectivity index (χ4v) is 2.08. The molecule has 0 bridgehead atoms. The van der Waals surface area contributed by atoms with Crippen molar-refractivity contribution in [1.29, 1.82) is 0 Å². The Balaban J connectivity index is 2.10. The molecule has 0 aliphatic carbocycles. The third-order valence-corrected chi connectivity index (χ3v) is 3.12. The maximum atomic E-state index is 12.0. The van der Waals surface area contributed by atoms with E-state index in [1.54, 1.807) is 0 Å². The Bertz CT molecular complexity index is 851. The smallest absolute Gasteiger partial charge is 0.328 e. The summed E-state index contributed by atoms with van der Waals surface area (Å²) in [6.07, 6.45) is 1.44. The van der Waals surface area contributed by atoms with E-state index < -0.39 is 5.91 Å². The SMILES string of the molecule is CNC(=O)c1ncc2[nH]c(=O)n(Cc3ccccc3)c2n1. The van der Waals surface area contributed by atoms with E-state index in [0.717, 1.165) is 5.56 Å². The number of imidazole rings is 1. The number of hydrogen-bond donors (Lipinski definition) is 2. The van der Waals surface area contributed by atoms with Gasteiger partial charge in [0.2, 0.25) is 5.82 Å². The van der Waals surface area contributed by atoms with Gasteiger partial charge >= 0.3 is 5.69 Å². The van der Waals surface area contributed by atoms with Gasteiger partial charge < -0.3 is 10.3 Å². The summed E-state index contributed by atoms with van der Waals surface area (Å²) in [5.74, 6) is -0.359. The first-order valence-electron chi connectivity index (χ1n) is 6.40. The van der Waals surface area contributed by atoms with E-state index in [9.17, 15) is 9.59 Å². The fourth-order valence-electron chi connectivity index (χ4n) is 2.08. The Labute approximate surface area is 119 Å². The summed E-state index contributed by atoms with van der Waals surface area (Å²) in [6, 6.07) is 9.56. The first-order valence-corrected chi connectivity index (χ1v) is 6.40. The van der Waals surface area contributed by atoms with Crippen LogP contribution in [0.3, 0.4) is 0 Å². The van der Waals surface area contributed by atoms with Gasteiger partial charge in [-0.05, 0) is 5.56 Å². The Morgan fingerprint density at radius 2 is 2.10 bits per heavy atom. The number of benzene rings is 1. The van der Waals surface area contributed by atoms with E-state index in [-0.39, 0.29) is 11.5 Å². The van der Waals surface area contributed by atoms with Crippen LogP contribution in [0.25, 0.3) is 11.2 Å². The van der Waals surface area contributed by atoms with Crippen LogP contribution < -0.4 is 11.0 Å². The number of aromatic amines is 1. The molecule has 1 aromatic carbocycles. The van der Waals surface area contributed by atoms with Crippen LogP contribution in [-0.2, 0) is 6.54 Å². The molecule has 0 aliphatic heterocycles. The van der Waals surface area contributed by atoms with Crippen molar-refractivity contribution < 1.29 is 4.79 Å². The average molecular weight is 283 g/mol. The molecule has 0 aliphatic rings. The third kappa shape index (κ3) is 2.40. The van der Waals surface area contributed by atoms with Gasteiger partial charge in [0.05, 0.1) is 12.7 Å². The molecular weight excluding hydrogens is 270 g/mol. The van der Waals surface area contributed by atoms with Gasteiger partial charge in [-0.1, -0.05) is 30.3 Å². The number of amides is 1. The van der Waals surface area contributed by atoms with Crippen molar-refractivity contribution in [3.05, 3.63) is 58.4 Å². The molecule has 0 saturated carbocycles. The van der Waals surface area contributed by atoms with E-state index in [1.807, 2.05) is 30.3 Å². The van der Waals surface area contributed by atoms with Crippen LogP contribution in [0.2, 0.25) is 0 Å². The number of nitrogens with one attached hydrogen (secondary N) is 2. The van der Waals surface area contributed by atoms with Crippen molar-refractivity contribution in [2.75, 3.05) is 7.05 Å². The summed E-state index contributed by atoms with van der Waals surface area (Å²) in [7, 11) is 1.50. The first-order chi connectivity index (χ1) is 10.2. The molecule has 3 rings (SSSR count). The highest BCUT2D eigenvalue weighted by Gasteiger charge is 2.13. The molecule has 7 heteroatoms. The Morgan fingerprint density at radius 3 is 2.81 bits per heavy atom. The quantitative estimate of drug-likeness (QED) is 0.733. The zero-order valence-corrected chi connectivity index (χ0v) is 11.3. The third-order valence-electron chi connectivity index (χ3n) is 3.12. The molecule has 0 radical (unpaired) electrons. The molecule has 7 nitrogen and oxygen atoms in total. The molecule has 3 aromatic rings. The monoisotopic (exact) mass is 283 g/mol. The maximum absolute atomic E-state index is 12.0. The van der Waals surface area contributed by atoms with Gasteiger partial charge in [0.15, 0.2) is 5.65 Å². The molecule has 1 amide bonds. The zero-order valence-electron chi connectivity index (χ0n) is 11.3. The summed E-state index contributed by atoms with van der Waals surface area (Å²) in [6.45, 7) is 0.379. The first kappa shape index (κ1) is 13.0. The topological polar surface area (TPSA) is 92.7 Å². The van der Waals surface area contributed by atoms with Crippen LogP contribution >= 0.6 is 0 Å². The van der Waals surface area contributed by atoms with Crippen molar-refractivity contribution in [3.63, 3.8) is 0 Å². The molecule has 0 unspecified atom stereocenters. The van der Waals surface area contributed by atoms with Gasteiger partial charge in [0, 0.05) is 7.05 Å². The van der Waals surface area contributed by atoms with Crippen molar-refractivity contribution in [2.45, 2.75) is 6.54 Å². The summed E-state index contributed by atoms with van der Waals surface area (Å²) in [5, 5.41) is 2.46. The number of nitrogens with zero attached hydrogens (tertiary/aromatic N) is 3. The second-order valence-electron chi connectivity index (χ2n) is 4.51. The molecule has 106 valence electrons. The van der Waals surface area contributed by atoms with Crippen LogP contribution in [-0.4, -0.2) is 32.5 Å². The molecule has 21 heavy (non-hydrogen) atoms. The van der Waals surface area contributed by atoms with Gasteiger partial charge in [0.25, 0.3) is 5.91 Å². The second kappa shape index (κ2) is 5.20. The van der Waals surface area contributed by atoms with E-state index in [0.29, 0.717) is 17.7 Å². The highest BCUT2D eigenvalue weighted by molar-refractivity contribution is 5.91. The number of hydrogen-bond acceptors (Lipinski definition) is 4. The lowest BCUT2D eigenvalue weighted by Gasteiger charge is -2.03. The second-order valence-corrected chi connectivity index (χ2v) is 4.51. The van der Waals surface area contributed by atoms with Crippen molar-refractivity contribution in [1.82, 2.24) is 24.8 Å².